The Labute approximate surface area is 190 Å². The molecule has 3 aromatic rings. The minimum absolute atomic E-state index is 0.154. The SMILES string of the molecule is O=C([O-])COc1cccc2c1OCC(=O)N2CC(=O)NC(c1ccccc1)c1ccccc1. The molecule has 0 fully saturated rings. The van der Waals surface area contributed by atoms with E-state index in [-0.39, 0.29) is 30.6 Å². The van der Waals surface area contributed by atoms with Crippen LogP contribution in [-0.2, 0) is 14.4 Å². The summed E-state index contributed by atoms with van der Waals surface area (Å²) in [5.74, 6) is -1.79. The topological polar surface area (TPSA) is 108 Å². The molecule has 0 radical (unpaired) electrons. The molecule has 168 valence electrons. The smallest absolute Gasteiger partial charge is 0.265 e. The maximum atomic E-state index is 13.1. The molecule has 8 nitrogen and oxygen atoms in total. The molecule has 0 aromatic heterocycles. The average molecular weight is 445 g/mol. The zero-order valence-electron chi connectivity index (χ0n) is 17.6. The van der Waals surface area contributed by atoms with Crippen LogP contribution in [0.15, 0.2) is 78.9 Å². The first-order valence-corrected chi connectivity index (χ1v) is 10.3. The van der Waals surface area contributed by atoms with Crippen LogP contribution in [-0.4, -0.2) is 37.5 Å². The molecule has 0 atom stereocenters. The summed E-state index contributed by atoms with van der Waals surface area (Å²) in [6.07, 6.45) is 0. The molecule has 8 heteroatoms. The van der Waals surface area contributed by atoms with Crippen LogP contribution in [0.25, 0.3) is 0 Å². The van der Waals surface area contributed by atoms with Gasteiger partial charge in [-0.05, 0) is 23.3 Å². The third-order valence-corrected chi connectivity index (χ3v) is 5.11. The Hall–Kier alpha value is -4.33. The van der Waals surface area contributed by atoms with E-state index in [0.29, 0.717) is 5.69 Å². The van der Waals surface area contributed by atoms with Gasteiger partial charge in [0, 0.05) is 0 Å². The van der Waals surface area contributed by atoms with Crippen LogP contribution in [0.5, 0.6) is 11.5 Å². The van der Waals surface area contributed by atoms with E-state index in [1.807, 2.05) is 60.7 Å². The summed E-state index contributed by atoms with van der Waals surface area (Å²) in [7, 11) is 0. The van der Waals surface area contributed by atoms with Gasteiger partial charge in [-0.1, -0.05) is 66.7 Å². The molecule has 0 aliphatic carbocycles. The van der Waals surface area contributed by atoms with Gasteiger partial charge in [-0.15, -0.1) is 0 Å². The van der Waals surface area contributed by atoms with Crippen LogP contribution in [0.3, 0.4) is 0 Å². The Morgan fingerprint density at radius 3 is 2.21 bits per heavy atom. The number of aliphatic carboxylic acids is 1. The van der Waals surface area contributed by atoms with Gasteiger partial charge < -0.3 is 24.7 Å². The number of carboxylic acid groups (broad SMARTS) is 1. The second-order valence-electron chi connectivity index (χ2n) is 7.36. The minimum atomic E-state index is -1.39. The summed E-state index contributed by atoms with van der Waals surface area (Å²) in [5, 5.41) is 13.8. The van der Waals surface area contributed by atoms with Crippen molar-refractivity contribution in [3.05, 3.63) is 90.0 Å². The predicted molar refractivity (Wildman–Crippen MR) is 118 cm³/mol. The lowest BCUT2D eigenvalue weighted by Crippen LogP contribution is -2.46. The quantitative estimate of drug-likeness (QED) is 0.562. The van der Waals surface area contributed by atoms with Crippen LogP contribution >= 0.6 is 0 Å². The highest BCUT2D eigenvalue weighted by Crippen LogP contribution is 2.40. The van der Waals surface area contributed by atoms with Gasteiger partial charge in [-0.3, -0.25) is 14.5 Å². The highest BCUT2D eigenvalue weighted by atomic mass is 16.5. The zero-order valence-corrected chi connectivity index (χ0v) is 17.6. The van der Waals surface area contributed by atoms with Gasteiger partial charge in [0.2, 0.25) is 5.91 Å². The van der Waals surface area contributed by atoms with Gasteiger partial charge >= 0.3 is 0 Å². The van der Waals surface area contributed by atoms with Crippen molar-refractivity contribution in [1.82, 2.24) is 5.32 Å². The largest absolute Gasteiger partial charge is 0.546 e. The van der Waals surface area contributed by atoms with Crippen molar-refractivity contribution < 1.29 is 29.0 Å². The molecule has 0 saturated heterocycles. The van der Waals surface area contributed by atoms with E-state index in [9.17, 15) is 19.5 Å². The number of benzene rings is 3. The van der Waals surface area contributed by atoms with E-state index in [4.69, 9.17) is 9.47 Å². The lowest BCUT2D eigenvalue weighted by atomic mass is 9.98. The Balaban J connectivity index is 1.56. The number of carbonyl (C=O) groups is 3. The summed E-state index contributed by atoms with van der Waals surface area (Å²) >= 11 is 0. The lowest BCUT2D eigenvalue weighted by Gasteiger charge is -2.30. The fraction of sp³-hybridized carbons (Fsp3) is 0.160. The standard InChI is InChI=1S/C25H22N2O6/c28-21(26-24(17-8-3-1-4-9-17)18-10-5-2-6-11-18)14-27-19-12-7-13-20(32-16-23(30)31)25(19)33-15-22(27)29/h1-13,24H,14-16H2,(H,26,28)(H,30,31)/p-1. The van der Waals surface area contributed by atoms with Crippen molar-refractivity contribution in [3.8, 4) is 11.5 Å². The third-order valence-electron chi connectivity index (χ3n) is 5.11. The van der Waals surface area contributed by atoms with Crippen molar-refractivity contribution in [1.29, 1.82) is 0 Å². The molecule has 1 N–H and O–H groups in total. The van der Waals surface area contributed by atoms with Crippen molar-refractivity contribution >= 4 is 23.5 Å². The molecule has 0 saturated carbocycles. The number of carboxylic acids is 1. The molecule has 0 spiro atoms. The summed E-state index contributed by atoms with van der Waals surface area (Å²) in [6.45, 7) is -1.20. The van der Waals surface area contributed by atoms with E-state index in [2.05, 4.69) is 5.32 Å². The van der Waals surface area contributed by atoms with Gasteiger partial charge in [0.1, 0.15) is 13.2 Å². The fourth-order valence-electron chi connectivity index (χ4n) is 3.63. The Bertz CT molecular complexity index is 1110. The first kappa shape index (κ1) is 21.9. The van der Waals surface area contributed by atoms with Crippen LogP contribution in [0, 0.1) is 0 Å². The molecule has 2 amide bonds. The molecule has 0 bridgehead atoms. The molecule has 0 unspecified atom stereocenters. The van der Waals surface area contributed by atoms with Crippen LogP contribution < -0.4 is 24.8 Å². The monoisotopic (exact) mass is 445 g/mol. The number of rotatable bonds is 8. The molecule has 33 heavy (non-hydrogen) atoms. The van der Waals surface area contributed by atoms with Gasteiger partial charge in [0.15, 0.2) is 18.1 Å². The predicted octanol–water partition coefficient (Wildman–Crippen LogP) is 1.45. The minimum Gasteiger partial charge on any atom is -0.546 e. The number of para-hydroxylation sites is 1. The maximum absolute atomic E-state index is 13.1. The highest BCUT2D eigenvalue weighted by Gasteiger charge is 2.30. The van der Waals surface area contributed by atoms with E-state index in [1.54, 1.807) is 12.1 Å². The van der Waals surface area contributed by atoms with Crippen LogP contribution in [0.4, 0.5) is 5.69 Å². The summed E-state index contributed by atoms with van der Waals surface area (Å²) in [6, 6.07) is 23.4. The van der Waals surface area contributed by atoms with Crippen molar-refractivity contribution in [3.63, 3.8) is 0 Å². The van der Waals surface area contributed by atoms with E-state index in [1.165, 1.54) is 11.0 Å². The number of amides is 2. The number of anilines is 1. The van der Waals surface area contributed by atoms with Crippen LogP contribution in [0.1, 0.15) is 17.2 Å². The van der Waals surface area contributed by atoms with E-state index >= 15 is 0 Å². The Kier molecular flexibility index (Phi) is 6.54. The van der Waals surface area contributed by atoms with Gasteiger partial charge in [-0.25, -0.2) is 0 Å². The van der Waals surface area contributed by atoms with E-state index < -0.39 is 24.5 Å². The summed E-state index contributed by atoms with van der Waals surface area (Å²) in [4.78, 5) is 37.7. The number of fused-ring (bicyclic) bond motifs is 1. The van der Waals surface area contributed by atoms with Gasteiger partial charge in [-0.2, -0.15) is 0 Å². The Morgan fingerprint density at radius 2 is 1.61 bits per heavy atom. The summed E-state index contributed by atoms with van der Waals surface area (Å²) in [5.41, 5.74) is 2.14. The Morgan fingerprint density at radius 1 is 0.970 bits per heavy atom. The van der Waals surface area contributed by atoms with Crippen molar-refractivity contribution in [2.45, 2.75) is 6.04 Å². The zero-order chi connectivity index (χ0) is 23.2. The number of ether oxygens (including phenoxy) is 2. The maximum Gasteiger partial charge on any atom is 0.265 e. The molecule has 1 heterocycles. The number of nitrogens with zero attached hydrogens (tertiary/aromatic N) is 1. The molecule has 3 aromatic carbocycles. The highest BCUT2D eigenvalue weighted by molar-refractivity contribution is 6.02. The number of hydrogen-bond acceptors (Lipinski definition) is 6. The van der Waals surface area contributed by atoms with E-state index in [0.717, 1.165) is 11.1 Å². The second kappa shape index (κ2) is 9.86. The average Bonchev–Trinajstić information content (AvgIpc) is 2.84. The van der Waals surface area contributed by atoms with Gasteiger partial charge in [0.05, 0.1) is 17.7 Å². The third kappa shape index (κ3) is 5.12. The number of nitrogens with one attached hydrogen (secondary N) is 1. The second-order valence-corrected chi connectivity index (χ2v) is 7.36. The van der Waals surface area contributed by atoms with Crippen LogP contribution in [0.2, 0.25) is 0 Å². The fourth-order valence-corrected chi connectivity index (χ4v) is 3.63. The number of carbonyl (C=O) groups excluding carboxylic acids is 3. The molecule has 4 rings (SSSR count). The summed E-state index contributed by atoms with van der Waals surface area (Å²) < 4.78 is 10.7. The lowest BCUT2D eigenvalue weighted by molar-refractivity contribution is -0.307. The van der Waals surface area contributed by atoms with Gasteiger partial charge in [0.25, 0.3) is 5.91 Å². The van der Waals surface area contributed by atoms with Crippen molar-refractivity contribution in [2.75, 3.05) is 24.7 Å². The van der Waals surface area contributed by atoms with Crippen molar-refractivity contribution in [2.24, 2.45) is 0 Å². The molecule has 1 aliphatic rings. The number of hydrogen-bond donors (Lipinski definition) is 1. The molecule has 1 aliphatic heterocycles. The molecular weight excluding hydrogens is 424 g/mol. The molecular formula is C25H21N2O6-. The normalized spacial score (nSPS) is 12.6. The first-order chi connectivity index (χ1) is 16.0. The first-order valence-electron chi connectivity index (χ1n) is 10.3.